The number of rotatable bonds is 8. The highest BCUT2D eigenvalue weighted by Crippen LogP contribution is 2.34. The largest absolute Gasteiger partial charge is 0.493 e. The molecule has 1 aliphatic rings. The van der Waals surface area contributed by atoms with Crippen LogP contribution in [0, 0.1) is 0 Å². The first-order chi connectivity index (χ1) is 15.8. The normalized spacial score (nSPS) is 14.5. The van der Waals surface area contributed by atoms with Crippen molar-refractivity contribution in [3.63, 3.8) is 0 Å². The molecule has 0 saturated carbocycles. The molecule has 7 nitrogen and oxygen atoms in total. The summed E-state index contributed by atoms with van der Waals surface area (Å²) in [7, 11) is 1.56. The van der Waals surface area contributed by atoms with Gasteiger partial charge in [0.05, 0.1) is 28.7 Å². The van der Waals surface area contributed by atoms with E-state index in [0.717, 1.165) is 35.2 Å². The molecule has 1 saturated heterocycles. The molecule has 2 aromatic rings. The molecule has 1 fully saturated rings. The van der Waals surface area contributed by atoms with Crippen LogP contribution in [0.15, 0.2) is 41.3 Å². The maximum absolute atomic E-state index is 12.8. The summed E-state index contributed by atoms with van der Waals surface area (Å²) in [4.78, 5) is 25.5. The van der Waals surface area contributed by atoms with Gasteiger partial charge in [-0.3, -0.25) is 4.79 Å². The zero-order valence-electron chi connectivity index (χ0n) is 17.8. The van der Waals surface area contributed by atoms with Crippen molar-refractivity contribution in [2.75, 3.05) is 19.0 Å². The predicted molar refractivity (Wildman–Crippen MR) is 137 cm³/mol. The van der Waals surface area contributed by atoms with Crippen LogP contribution < -0.4 is 20.2 Å². The number of nitrogens with one attached hydrogen (secondary N) is 2. The minimum absolute atomic E-state index is 0.196. The summed E-state index contributed by atoms with van der Waals surface area (Å²) >= 11 is 18.2. The van der Waals surface area contributed by atoms with Crippen LogP contribution in [0.5, 0.6) is 11.5 Å². The summed E-state index contributed by atoms with van der Waals surface area (Å²) in [5.74, 6) is 0.752. The lowest BCUT2D eigenvalue weighted by Crippen LogP contribution is -2.46. The van der Waals surface area contributed by atoms with E-state index >= 15 is 0 Å². The van der Waals surface area contributed by atoms with Gasteiger partial charge in [0.25, 0.3) is 5.91 Å². The van der Waals surface area contributed by atoms with Gasteiger partial charge in [0.15, 0.2) is 15.8 Å². The van der Waals surface area contributed by atoms with Crippen molar-refractivity contribution in [3.8, 4) is 11.5 Å². The highest BCUT2D eigenvalue weighted by atomic mass is 35.5. The number of benzene rings is 2. The number of thioether (sulfide) groups is 1. The summed E-state index contributed by atoms with van der Waals surface area (Å²) in [5.41, 5.74) is 3.59. The Morgan fingerprint density at radius 1 is 1.18 bits per heavy atom. The number of carbonyl (C=O) groups is 2. The number of nitrogens with zero attached hydrogens (tertiary/aromatic N) is 1. The number of hydrogen-bond acceptors (Lipinski definition) is 6. The number of carbonyl (C=O) groups excluding carboxylic acids is 2. The van der Waals surface area contributed by atoms with Crippen LogP contribution in [0.25, 0.3) is 6.08 Å². The van der Waals surface area contributed by atoms with Gasteiger partial charge in [0.2, 0.25) is 0 Å². The van der Waals surface area contributed by atoms with Crippen LogP contribution in [-0.4, -0.2) is 35.0 Å². The van der Waals surface area contributed by atoms with Gasteiger partial charge in [-0.2, -0.15) is 5.01 Å². The molecule has 0 spiro atoms. The fraction of sp³-hybridized carbons (Fsp3) is 0.227. The number of urea groups is 1. The van der Waals surface area contributed by atoms with E-state index in [-0.39, 0.29) is 4.32 Å². The smallest absolute Gasteiger partial charge is 0.338 e. The van der Waals surface area contributed by atoms with Crippen molar-refractivity contribution < 1.29 is 19.1 Å². The first-order valence-electron chi connectivity index (χ1n) is 9.94. The quantitative estimate of drug-likeness (QED) is 0.245. The second kappa shape index (κ2) is 11.6. The van der Waals surface area contributed by atoms with Crippen LogP contribution in [0.3, 0.4) is 0 Å². The van der Waals surface area contributed by atoms with Gasteiger partial charge in [-0.25, -0.2) is 10.2 Å². The zero-order valence-corrected chi connectivity index (χ0v) is 21.0. The third-order valence-corrected chi connectivity index (χ3v) is 6.47. The Hall–Kier alpha value is -2.46. The molecule has 0 aliphatic carbocycles. The van der Waals surface area contributed by atoms with E-state index in [0.29, 0.717) is 38.7 Å². The van der Waals surface area contributed by atoms with Crippen molar-refractivity contribution in [1.82, 2.24) is 10.4 Å². The van der Waals surface area contributed by atoms with Crippen LogP contribution >= 0.6 is 47.2 Å². The Kier molecular flexibility index (Phi) is 8.85. The molecule has 1 heterocycles. The number of thiocarbonyl (C=S) groups is 1. The summed E-state index contributed by atoms with van der Waals surface area (Å²) < 4.78 is 11.3. The van der Waals surface area contributed by atoms with Crippen LogP contribution in [-0.2, 0) is 4.79 Å². The predicted octanol–water partition coefficient (Wildman–Crippen LogP) is 6.12. The molecule has 3 rings (SSSR count). The minimum atomic E-state index is -0.652. The fourth-order valence-electron chi connectivity index (χ4n) is 2.77. The molecule has 174 valence electrons. The Morgan fingerprint density at radius 2 is 1.97 bits per heavy atom. The van der Waals surface area contributed by atoms with Crippen molar-refractivity contribution in [1.29, 1.82) is 0 Å². The molecule has 0 bridgehead atoms. The number of hydrazine groups is 1. The number of ether oxygens (including phenoxy) is 2. The van der Waals surface area contributed by atoms with E-state index in [1.165, 1.54) is 6.07 Å². The van der Waals surface area contributed by atoms with Gasteiger partial charge in [0.1, 0.15) is 0 Å². The number of amides is 3. The van der Waals surface area contributed by atoms with Crippen LogP contribution in [0.2, 0.25) is 10.0 Å². The minimum Gasteiger partial charge on any atom is -0.493 e. The SMILES string of the molecule is CCCCOc1ccc(/C=C2\SC(=S)N(NC(=O)Nc3ccc(Cl)c(Cl)c3)C2=O)cc1OC. The topological polar surface area (TPSA) is 79.9 Å². The lowest BCUT2D eigenvalue weighted by molar-refractivity contribution is -0.123. The summed E-state index contributed by atoms with van der Waals surface area (Å²) in [5, 5.41) is 4.25. The van der Waals surface area contributed by atoms with Gasteiger partial charge < -0.3 is 14.8 Å². The third-order valence-electron chi connectivity index (χ3n) is 4.43. The third kappa shape index (κ3) is 6.54. The van der Waals surface area contributed by atoms with Gasteiger partial charge in [-0.15, -0.1) is 0 Å². The molecule has 0 atom stereocenters. The van der Waals surface area contributed by atoms with Crippen molar-refractivity contribution in [2.45, 2.75) is 19.8 Å². The Morgan fingerprint density at radius 3 is 2.67 bits per heavy atom. The number of halogens is 2. The van der Waals surface area contributed by atoms with E-state index in [1.807, 2.05) is 6.07 Å². The van der Waals surface area contributed by atoms with Crippen molar-refractivity contribution >= 4 is 75.2 Å². The maximum Gasteiger partial charge on any atom is 0.338 e. The highest BCUT2D eigenvalue weighted by Gasteiger charge is 2.33. The lowest BCUT2D eigenvalue weighted by Gasteiger charge is -2.16. The van der Waals surface area contributed by atoms with E-state index in [2.05, 4.69) is 17.7 Å². The molecule has 11 heteroatoms. The van der Waals surface area contributed by atoms with E-state index < -0.39 is 11.9 Å². The average Bonchev–Trinajstić information content (AvgIpc) is 3.04. The van der Waals surface area contributed by atoms with Crippen LogP contribution in [0.1, 0.15) is 25.3 Å². The lowest BCUT2D eigenvalue weighted by atomic mass is 10.2. The number of hydrogen-bond donors (Lipinski definition) is 2. The molecule has 3 amide bonds. The van der Waals surface area contributed by atoms with Gasteiger partial charge >= 0.3 is 6.03 Å². The maximum atomic E-state index is 12.8. The molecule has 0 unspecified atom stereocenters. The summed E-state index contributed by atoms with van der Waals surface area (Å²) in [6, 6.07) is 9.37. The second-order valence-corrected chi connectivity index (χ2v) is 9.31. The molecule has 0 aromatic heterocycles. The summed E-state index contributed by atoms with van der Waals surface area (Å²) in [6.45, 7) is 2.69. The molecule has 0 radical (unpaired) electrons. The Bertz CT molecular complexity index is 1110. The molecule has 2 aromatic carbocycles. The average molecular weight is 526 g/mol. The number of methoxy groups -OCH3 is 1. The van der Waals surface area contributed by atoms with E-state index in [4.69, 9.17) is 44.9 Å². The number of unbranched alkanes of at least 4 members (excludes halogenated alkanes) is 1. The Balaban J connectivity index is 1.68. The van der Waals surface area contributed by atoms with Crippen molar-refractivity contribution in [3.05, 3.63) is 56.9 Å². The molecule has 1 aliphatic heterocycles. The molecular weight excluding hydrogens is 505 g/mol. The van der Waals surface area contributed by atoms with Crippen LogP contribution in [0.4, 0.5) is 10.5 Å². The van der Waals surface area contributed by atoms with Gasteiger partial charge in [-0.1, -0.05) is 54.4 Å². The molecule has 2 N–H and O–H groups in total. The highest BCUT2D eigenvalue weighted by molar-refractivity contribution is 8.26. The second-order valence-electron chi connectivity index (χ2n) is 6.82. The van der Waals surface area contributed by atoms with E-state index in [9.17, 15) is 9.59 Å². The molecular formula is C22H21Cl2N3O4S2. The number of anilines is 1. The first-order valence-corrected chi connectivity index (χ1v) is 11.9. The summed E-state index contributed by atoms with van der Waals surface area (Å²) in [6.07, 6.45) is 3.65. The zero-order chi connectivity index (χ0) is 24.0. The van der Waals surface area contributed by atoms with Crippen molar-refractivity contribution in [2.24, 2.45) is 0 Å². The van der Waals surface area contributed by atoms with E-state index in [1.54, 1.807) is 37.5 Å². The molecule has 33 heavy (non-hydrogen) atoms. The Labute approximate surface area is 211 Å². The standard InChI is InChI=1S/C22H21Cl2N3O4S2/c1-3-4-9-31-17-8-5-13(10-18(17)30-2)11-19-20(28)27(22(32)33-19)26-21(29)25-14-6-7-15(23)16(24)12-14/h5-8,10-12H,3-4,9H2,1-2H3,(H2,25,26,29)/b19-11-. The fourth-order valence-corrected chi connectivity index (χ4v) is 4.25. The van der Waals surface area contributed by atoms with Gasteiger partial charge in [0, 0.05) is 5.69 Å². The monoisotopic (exact) mass is 525 g/mol. The first kappa shape index (κ1) is 25.2. The van der Waals surface area contributed by atoms with Gasteiger partial charge in [-0.05, 0) is 60.6 Å².